The third kappa shape index (κ3) is 11.6. The summed E-state index contributed by atoms with van der Waals surface area (Å²) in [5.74, 6) is 1.12. The zero-order chi connectivity index (χ0) is 37.8. The van der Waals surface area contributed by atoms with Gasteiger partial charge < -0.3 is 45.0 Å². The van der Waals surface area contributed by atoms with Gasteiger partial charge in [-0.25, -0.2) is 0 Å². The summed E-state index contributed by atoms with van der Waals surface area (Å²) in [6.07, 6.45) is 4.00. The molecule has 14 heteroatoms. The number of para-hydroxylation sites is 1. The quantitative estimate of drug-likeness (QED) is 0.0514. The van der Waals surface area contributed by atoms with Crippen LogP contribution < -0.4 is 10.1 Å². The number of likely N-dealkylation sites (N-methyl/N-ethyl adjacent to an activating group) is 1. The Morgan fingerprint density at radius 3 is 2.58 bits per heavy atom. The molecule has 0 saturated heterocycles. The molecule has 5 rings (SSSR count). The van der Waals surface area contributed by atoms with E-state index >= 15 is 0 Å². The number of pyridine rings is 1. The summed E-state index contributed by atoms with van der Waals surface area (Å²) in [7, 11) is 1.79. The summed E-state index contributed by atoms with van der Waals surface area (Å²) < 4.78 is 12.9. The first-order valence-corrected chi connectivity index (χ1v) is 19.6. The maximum Gasteiger partial charge on any atom is 0.225 e. The Hall–Kier alpha value is -3.27. The second kappa shape index (κ2) is 19.9. The molecule has 3 unspecified atom stereocenters. The van der Waals surface area contributed by atoms with Gasteiger partial charge in [-0.15, -0.1) is 11.8 Å². The molecule has 2 aromatic carbocycles. The van der Waals surface area contributed by atoms with E-state index in [1.807, 2.05) is 48.7 Å². The molecule has 3 atom stereocenters. The minimum atomic E-state index is -1.67. The third-order valence-electron chi connectivity index (χ3n) is 9.54. The van der Waals surface area contributed by atoms with Crippen LogP contribution >= 0.6 is 23.4 Å². The first-order valence-electron chi connectivity index (χ1n) is 18.2. The fourth-order valence-corrected chi connectivity index (χ4v) is 7.11. The number of ether oxygens (including phenoxy) is 2. The van der Waals surface area contributed by atoms with Crippen molar-refractivity contribution in [2.45, 2.75) is 80.0 Å². The van der Waals surface area contributed by atoms with Crippen molar-refractivity contribution in [3.63, 3.8) is 0 Å². The Morgan fingerprint density at radius 1 is 1.08 bits per heavy atom. The summed E-state index contributed by atoms with van der Waals surface area (Å²) in [5, 5.41) is 42.9. The first kappa shape index (κ1) is 40.9. The average Bonchev–Trinajstić information content (AvgIpc) is 4.13. The van der Waals surface area contributed by atoms with Gasteiger partial charge in [-0.2, -0.15) is 0 Å². The molecule has 5 N–H and O–H groups in total. The van der Waals surface area contributed by atoms with E-state index in [0.717, 1.165) is 65.0 Å². The van der Waals surface area contributed by atoms with Crippen molar-refractivity contribution in [3.05, 3.63) is 77.1 Å². The molecule has 0 spiro atoms. The van der Waals surface area contributed by atoms with Crippen LogP contribution in [0.5, 0.6) is 5.75 Å². The molecule has 1 aromatic heterocycles. The monoisotopic (exact) mass is 770 g/mol. The first-order chi connectivity index (χ1) is 25.7. The molecular weight excluding hydrogens is 720 g/mol. The molecule has 288 valence electrons. The lowest BCUT2D eigenvalue weighted by atomic mass is 9.96. The van der Waals surface area contributed by atoms with Crippen LogP contribution in [0.2, 0.25) is 5.02 Å². The lowest BCUT2D eigenvalue weighted by Crippen LogP contribution is -2.45. The highest BCUT2D eigenvalue weighted by molar-refractivity contribution is 7.99. The predicted molar refractivity (Wildman–Crippen MR) is 204 cm³/mol. The number of aliphatic hydroxyl groups is 4. The Kier molecular flexibility index (Phi) is 15.3. The Labute approximate surface area is 320 Å². The van der Waals surface area contributed by atoms with Gasteiger partial charge in [0.2, 0.25) is 12.3 Å². The highest BCUT2D eigenvalue weighted by Gasteiger charge is 2.48. The highest BCUT2D eigenvalue weighted by Crippen LogP contribution is 2.53. The van der Waals surface area contributed by atoms with Crippen LogP contribution in [0.4, 0.5) is 0 Å². The normalized spacial score (nSPS) is 16.4. The number of carbonyl (C=O) groups excluding carboxylic acids is 2. The number of halogens is 1. The molecule has 0 aliphatic heterocycles. The van der Waals surface area contributed by atoms with Crippen molar-refractivity contribution in [1.29, 1.82) is 0 Å². The fraction of sp³-hybridized carbons (Fsp3) is 0.513. The number of hydrogen-bond acceptors (Lipinski definition) is 11. The topological polar surface area (TPSA) is 165 Å². The van der Waals surface area contributed by atoms with Crippen LogP contribution in [-0.4, -0.2) is 124 Å². The molecule has 2 saturated carbocycles. The van der Waals surface area contributed by atoms with Gasteiger partial charge in [0, 0.05) is 66.2 Å². The number of thioether (sulfide) groups is 1. The van der Waals surface area contributed by atoms with Crippen LogP contribution in [0.15, 0.2) is 65.8 Å². The molecule has 2 aliphatic carbocycles. The van der Waals surface area contributed by atoms with Crippen LogP contribution in [0.3, 0.4) is 0 Å². The van der Waals surface area contributed by atoms with Crippen molar-refractivity contribution in [2.75, 3.05) is 52.1 Å². The maximum absolute atomic E-state index is 13.2. The molecule has 0 radical (unpaired) electrons. The predicted octanol–water partition coefficient (Wildman–Crippen LogP) is 3.60. The maximum atomic E-state index is 13.2. The van der Waals surface area contributed by atoms with Crippen LogP contribution in [0.1, 0.15) is 49.7 Å². The lowest BCUT2D eigenvalue weighted by Gasteiger charge is -2.28. The number of nitrogens with zero attached hydrogens (tertiary/aromatic N) is 3. The van der Waals surface area contributed by atoms with Crippen LogP contribution in [0.25, 0.3) is 11.1 Å². The number of rotatable bonds is 24. The second-order valence-electron chi connectivity index (χ2n) is 13.6. The van der Waals surface area contributed by atoms with E-state index in [9.17, 15) is 24.9 Å². The molecule has 2 aliphatic rings. The zero-order valence-corrected chi connectivity index (χ0v) is 31.7. The third-order valence-corrected chi connectivity index (χ3v) is 11.0. The van der Waals surface area contributed by atoms with Crippen molar-refractivity contribution >= 4 is 35.7 Å². The highest BCUT2D eigenvalue weighted by atomic mass is 35.5. The number of carbonyl (C=O) groups is 2. The molecule has 0 bridgehead atoms. The van der Waals surface area contributed by atoms with Gasteiger partial charge in [-0.1, -0.05) is 29.8 Å². The number of amides is 2. The molecule has 3 aromatic rings. The van der Waals surface area contributed by atoms with Gasteiger partial charge >= 0.3 is 0 Å². The SMILES string of the molecule is CNCCN(C=O)CCN(CCCSc1ccc(Cl)c(COC2(c3cnccc3-c3ccccc3OC3CC3)CC2)c1)C(=O)CC(O)C(O)C(O)CO. The molecule has 2 fully saturated rings. The van der Waals surface area contributed by atoms with Gasteiger partial charge in [0.15, 0.2) is 0 Å². The van der Waals surface area contributed by atoms with Crippen molar-refractivity contribution < 1.29 is 39.5 Å². The van der Waals surface area contributed by atoms with E-state index in [4.69, 9.17) is 26.2 Å². The minimum absolute atomic E-state index is 0.235. The fourth-order valence-electron chi connectivity index (χ4n) is 6.04. The molecule has 1 heterocycles. The number of hydrogen-bond donors (Lipinski definition) is 5. The van der Waals surface area contributed by atoms with Crippen LogP contribution in [0, 0.1) is 0 Å². The van der Waals surface area contributed by atoms with Gasteiger partial charge in [0.05, 0.1) is 37.4 Å². The van der Waals surface area contributed by atoms with Gasteiger partial charge in [0.1, 0.15) is 18.0 Å². The molecular formula is C39H51ClN4O8S. The zero-order valence-electron chi connectivity index (χ0n) is 30.1. The Bertz CT molecular complexity index is 1640. The number of benzene rings is 2. The molecule has 12 nitrogen and oxygen atoms in total. The van der Waals surface area contributed by atoms with Crippen molar-refractivity contribution in [3.8, 4) is 16.9 Å². The summed E-state index contributed by atoms with van der Waals surface area (Å²) >= 11 is 8.28. The van der Waals surface area contributed by atoms with Gasteiger partial charge in [-0.05, 0) is 86.4 Å². The largest absolute Gasteiger partial charge is 0.490 e. The smallest absolute Gasteiger partial charge is 0.225 e. The van der Waals surface area contributed by atoms with E-state index in [-0.39, 0.29) is 12.6 Å². The molecule has 53 heavy (non-hydrogen) atoms. The standard InChI is InChI=1S/C39H51ClN4O8S/c1-41-15-17-43(26-46)18-19-44(37(49)22-34(47)38(50)35(48)24-45)16-4-20-53-29-9-10-33(40)27(21-29)25-51-39(12-13-39)32-23-42-14-11-30(32)31-5-2-3-6-36(31)52-28-7-8-28/h2-3,5-6,9-11,14,21,23,26,28,34-35,38,41,45,47-48,50H,4,7-8,12-13,15-20,22,24-25H2,1H3. The van der Waals surface area contributed by atoms with E-state index in [1.165, 1.54) is 0 Å². The van der Waals surface area contributed by atoms with Crippen LogP contribution in [-0.2, 0) is 26.5 Å². The van der Waals surface area contributed by atoms with E-state index < -0.39 is 42.8 Å². The second-order valence-corrected chi connectivity index (χ2v) is 15.2. The van der Waals surface area contributed by atoms with Crippen molar-refractivity contribution in [1.82, 2.24) is 20.1 Å². The average molecular weight is 771 g/mol. The summed E-state index contributed by atoms with van der Waals surface area (Å²) in [6, 6.07) is 16.0. The Balaban J connectivity index is 1.19. The number of nitrogens with one attached hydrogen (secondary N) is 1. The van der Waals surface area contributed by atoms with E-state index in [0.29, 0.717) is 50.0 Å². The van der Waals surface area contributed by atoms with Crippen molar-refractivity contribution in [2.24, 2.45) is 0 Å². The van der Waals surface area contributed by atoms with Gasteiger partial charge in [-0.3, -0.25) is 14.6 Å². The minimum Gasteiger partial charge on any atom is -0.490 e. The summed E-state index contributed by atoms with van der Waals surface area (Å²) in [5.41, 5.74) is 3.54. The lowest BCUT2D eigenvalue weighted by molar-refractivity contribution is -0.138. The molecule has 2 amide bonds. The Morgan fingerprint density at radius 2 is 1.87 bits per heavy atom. The summed E-state index contributed by atoms with van der Waals surface area (Å²) in [6.45, 7) is 1.53. The number of aromatic nitrogens is 1. The van der Waals surface area contributed by atoms with E-state index in [2.05, 4.69) is 16.4 Å². The van der Waals surface area contributed by atoms with Gasteiger partial charge in [0.25, 0.3) is 0 Å². The van der Waals surface area contributed by atoms with E-state index in [1.54, 1.807) is 34.8 Å². The number of aliphatic hydroxyl groups excluding tert-OH is 4. The summed E-state index contributed by atoms with van der Waals surface area (Å²) in [4.78, 5) is 33.4.